The van der Waals surface area contributed by atoms with Gasteiger partial charge in [-0.2, -0.15) is 0 Å². The number of hydrogen-bond acceptors (Lipinski definition) is 3. The molecule has 0 atom stereocenters. The Morgan fingerprint density at radius 2 is 1.72 bits per heavy atom. The van der Waals surface area contributed by atoms with E-state index in [9.17, 15) is 4.79 Å². The third-order valence-electron chi connectivity index (χ3n) is 4.00. The standard InChI is InChI=1S/C22H20O3/c1-3-21(23)25-22-16(2)15-20(18-11-7-8-12-19(18)22)24-14-13-17-9-5-4-6-10-17/h3-12,15H,1,13-14H2,2H3. The summed E-state index contributed by atoms with van der Waals surface area (Å²) in [7, 11) is 0. The van der Waals surface area contributed by atoms with Crippen molar-refractivity contribution in [2.45, 2.75) is 13.3 Å². The molecule has 0 spiro atoms. The van der Waals surface area contributed by atoms with Gasteiger partial charge in [0.15, 0.2) is 0 Å². The number of carbonyl (C=O) groups excluding carboxylic acids is 1. The van der Waals surface area contributed by atoms with Crippen LogP contribution in [-0.2, 0) is 11.2 Å². The van der Waals surface area contributed by atoms with E-state index in [0.29, 0.717) is 12.4 Å². The van der Waals surface area contributed by atoms with Gasteiger partial charge in [0.2, 0.25) is 0 Å². The molecule has 0 unspecified atom stereocenters. The SMILES string of the molecule is C=CC(=O)Oc1c(C)cc(OCCc2ccccc2)c2ccccc12. The van der Waals surface area contributed by atoms with Crippen molar-refractivity contribution < 1.29 is 14.3 Å². The third-order valence-corrected chi connectivity index (χ3v) is 4.00. The molecule has 0 bridgehead atoms. The first-order chi connectivity index (χ1) is 12.2. The van der Waals surface area contributed by atoms with Crippen molar-refractivity contribution in [3.05, 3.63) is 84.4 Å². The average Bonchev–Trinajstić information content (AvgIpc) is 2.65. The van der Waals surface area contributed by atoms with Crippen LogP contribution >= 0.6 is 0 Å². The lowest BCUT2D eigenvalue weighted by molar-refractivity contribution is -0.128. The van der Waals surface area contributed by atoms with E-state index in [1.165, 1.54) is 11.6 Å². The van der Waals surface area contributed by atoms with Crippen LogP contribution in [0.2, 0.25) is 0 Å². The summed E-state index contributed by atoms with van der Waals surface area (Å²) in [4.78, 5) is 11.6. The van der Waals surface area contributed by atoms with E-state index in [1.54, 1.807) is 0 Å². The van der Waals surface area contributed by atoms with Crippen LogP contribution in [0.1, 0.15) is 11.1 Å². The number of fused-ring (bicyclic) bond motifs is 1. The van der Waals surface area contributed by atoms with E-state index in [4.69, 9.17) is 9.47 Å². The third kappa shape index (κ3) is 3.89. The molecular formula is C22H20O3. The van der Waals surface area contributed by atoms with Gasteiger partial charge in [0.05, 0.1) is 6.61 Å². The van der Waals surface area contributed by atoms with Crippen molar-refractivity contribution in [3.63, 3.8) is 0 Å². The molecule has 3 rings (SSSR count). The molecule has 3 heteroatoms. The van der Waals surface area contributed by atoms with E-state index in [2.05, 4.69) is 18.7 Å². The lowest BCUT2D eigenvalue weighted by Crippen LogP contribution is -2.06. The number of ether oxygens (including phenoxy) is 2. The van der Waals surface area contributed by atoms with Crippen LogP contribution in [0.4, 0.5) is 0 Å². The molecule has 0 radical (unpaired) electrons. The molecule has 25 heavy (non-hydrogen) atoms. The largest absolute Gasteiger partial charge is 0.493 e. The molecule has 0 aromatic heterocycles. The number of benzene rings is 3. The van der Waals surface area contributed by atoms with Gasteiger partial charge in [0.25, 0.3) is 0 Å². The lowest BCUT2D eigenvalue weighted by atomic mass is 10.0. The highest BCUT2D eigenvalue weighted by Gasteiger charge is 2.13. The molecule has 0 saturated carbocycles. The van der Waals surface area contributed by atoms with Crippen LogP contribution in [0.15, 0.2) is 73.3 Å². The fourth-order valence-corrected chi connectivity index (χ4v) is 2.77. The zero-order valence-corrected chi connectivity index (χ0v) is 14.2. The predicted octanol–water partition coefficient (Wildman–Crippen LogP) is 4.86. The van der Waals surface area contributed by atoms with E-state index < -0.39 is 5.97 Å². The smallest absolute Gasteiger partial charge is 0.335 e. The number of hydrogen-bond donors (Lipinski definition) is 0. The minimum absolute atomic E-state index is 0.467. The van der Waals surface area contributed by atoms with Crippen molar-refractivity contribution in [2.24, 2.45) is 0 Å². The molecule has 0 heterocycles. The highest BCUT2D eigenvalue weighted by atomic mass is 16.5. The molecule has 0 aliphatic carbocycles. The molecule has 0 amide bonds. The van der Waals surface area contributed by atoms with Crippen LogP contribution in [0, 0.1) is 6.92 Å². The summed E-state index contributed by atoms with van der Waals surface area (Å²) in [6.45, 7) is 5.94. The van der Waals surface area contributed by atoms with Gasteiger partial charge < -0.3 is 9.47 Å². The summed E-state index contributed by atoms with van der Waals surface area (Å²) in [5.74, 6) is 0.879. The van der Waals surface area contributed by atoms with Crippen molar-refractivity contribution in [2.75, 3.05) is 6.61 Å². The van der Waals surface area contributed by atoms with Gasteiger partial charge in [-0.05, 0) is 24.1 Å². The van der Waals surface area contributed by atoms with Gasteiger partial charge in [0.1, 0.15) is 11.5 Å². The molecule has 0 saturated heterocycles. The van der Waals surface area contributed by atoms with Gasteiger partial charge in [0, 0.05) is 23.3 Å². The average molecular weight is 332 g/mol. The zero-order chi connectivity index (χ0) is 17.6. The Hall–Kier alpha value is -3.07. The first-order valence-electron chi connectivity index (χ1n) is 8.22. The number of rotatable bonds is 6. The van der Waals surface area contributed by atoms with E-state index >= 15 is 0 Å². The fourth-order valence-electron chi connectivity index (χ4n) is 2.77. The molecule has 0 aliphatic rings. The van der Waals surface area contributed by atoms with Gasteiger partial charge in [-0.1, -0.05) is 61.2 Å². The minimum atomic E-state index is -0.467. The Balaban J connectivity index is 1.87. The van der Waals surface area contributed by atoms with Gasteiger partial charge in [-0.15, -0.1) is 0 Å². The number of esters is 1. The lowest BCUT2D eigenvalue weighted by Gasteiger charge is -2.15. The monoisotopic (exact) mass is 332 g/mol. The highest BCUT2D eigenvalue weighted by Crippen LogP contribution is 2.36. The molecule has 0 aliphatic heterocycles. The van der Waals surface area contributed by atoms with Crippen LogP contribution < -0.4 is 9.47 Å². The Morgan fingerprint density at radius 1 is 1.04 bits per heavy atom. The van der Waals surface area contributed by atoms with E-state index in [-0.39, 0.29) is 0 Å². The zero-order valence-electron chi connectivity index (χ0n) is 14.2. The Kier molecular flexibility index (Phi) is 5.14. The molecule has 3 nitrogen and oxygen atoms in total. The Morgan fingerprint density at radius 3 is 2.44 bits per heavy atom. The highest BCUT2D eigenvalue weighted by molar-refractivity contribution is 5.97. The topological polar surface area (TPSA) is 35.5 Å². The first kappa shape index (κ1) is 16.8. The second-order valence-electron chi connectivity index (χ2n) is 5.78. The van der Waals surface area contributed by atoms with Crippen LogP contribution in [0.3, 0.4) is 0 Å². The maximum atomic E-state index is 11.6. The summed E-state index contributed by atoms with van der Waals surface area (Å²) in [6, 6.07) is 19.9. The van der Waals surface area contributed by atoms with E-state index in [0.717, 1.165) is 28.5 Å². The maximum absolute atomic E-state index is 11.6. The van der Waals surface area contributed by atoms with Crippen LogP contribution in [0.25, 0.3) is 10.8 Å². The summed E-state index contributed by atoms with van der Waals surface area (Å²) >= 11 is 0. The van der Waals surface area contributed by atoms with Crippen molar-refractivity contribution in [3.8, 4) is 11.5 Å². The first-order valence-corrected chi connectivity index (χ1v) is 8.22. The maximum Gasteiger partial charge on any atom is 0.335 e. The van der Waals surface area contributed by atoms with Crippen molar-refractivity contribution in [1.29, 1.82) is 0 Å². The molecular weight excluding hydrogens is 312 g/mol. The fraction of sp³-hybridized carbons (Fsp3) is 0.136. The summed E-state index contributed by atoms with van der Waals surface area (Å²) in [5.41, 5.74) is 2.09. The number of carbonyl (C=O) groups is 1. The molecule has 3 aromatic carbocycles. The molecule has 0 fully saturated rings. The summed E-state index contributed by atoms with van der Waals surface area (Å²) in [5, 5.41) is 1.78. The minimum Gasteiger partial charge on any atom is -0.493 e. The van der Waals surface area contributed by atoms with Crippen molar-refractivity contribution in [1.82, 2.24) is 0 Å². The van der Waals surface area contributed by atoms with Crippen LogP contribution in [-0.4, -0.2) is 12.6 Å². The molecule has 0 N–H and O–H groups in total. The molecule has 126 valence electrons. The summed E-state index contributed by atoms with van der Waals surface area (Å²) in [6.07, 6.45) is 2.00. The van der Waals surface area contributed by atoms with Gasteiger partial charge in [-0.3, -0.25) is 0 Å². The van der Waals surface area contributed by atoms with Gasteiger partial charge >= 0.3 is 5.97 Å². The second kappa shape index (κ2) is 7.67. The van der Waals surface area contributed by atoms with E-state index in [1.807, 2.05) is 55.5 Å². The van der Waals surface area contributed by atoms with Crippen LogP contribution in [0.5, 0.6) is 11.5 Å². The normalized spacial score (nSPS) is 10.4. The second-order valence-corrected chi connectivity index (χ2v) is 5.78. The summed E-state index contributed by atoms with van der Waals surface area (Å²) < 4.78 is 11.5. The predicted molar refractivity (Wildman–Crippen MR) is 100 cm³/mol. The van der Waals surface area contributed by atoms with Crippen molar-refractivity contribution >= 4 is 16.7 Å². The Labute approximate surface area is 147 Å². The van der Waals surface area contributed by atoms with Gasteiger partial charge in [-0.25, -0.2) is 4.79 Å². The Bertz CT molecular complexity index is 898. The quantitative estimate of drug-likeness (QED) is 0.367. The number of aryl methyl sites for hydroxylation is 1. The molecule has 3 aromatic rings.